The molecule has 0 bridgehead atoms. The number of rotatable bonds is 8. The summed E-state index contributed by atoms with van der Waals surface area (Å²) in [6.07, 6.45) is 0. The fraction of sp³-hybridized carbons (Fsp3) is 0.217. The molecule has 1 amide bonds. The van der Waals surface area contributed by atoms with Crippen molar-refractivity contribution < 1.29 is 4.79 Å². The van der Waals surface area contributed by atoms with Gasteiger partial charge in [0.1, 0.15) is 16.8 Å². The second-order valence-electron chi connectivity index (χ2n) is 6.71. The minimum absolute atomic E-state index is 0.199. The molecule has 0 aliphatic heterocycles. The molecule has 0 aliphatic carbocycles. The third-order valence-electron chi connectivity index (χ3n) is 4.51. The van der Waals surface area contributed by atoms with Gasteiger partial charge in [-0.3, -0.25) is 4.79 Å². The van der Waals surface area contributed by atoms with Gasteiger partial charge in [-0.05, 0) is 50.2 Å². The van der Waals surface area contributed by atoms with Crippen molar-refractivity contribution in [3.8, 4) is 6.07 Å². The van der Waals surface area contributed by atoms with E-state index < -0.39 is 0 Å². The lowest BCUT2D eigenvalue weighted by Gasteiger charge is -2.22. The molecule has 9 heteroatoms. The van der Waals surface area contributed by atoms with Crippen molar-refractivity contribution in [2.24, 2.45) is 20.5 Å². The number of carbonyl (C=O) groups excluding carboxylic acids is 1. The van der Waals surface area contributed by atoms with Crippen LogP contribution in [0.1, 0.15) is 26.3 Å². The van der Waals surface area contributed by atoms with Gasteiger partial charge in [0, 0.05) is 25.7 Å². The standard InChI is InChI=1S/C23H23N7OS/c1-4-30(5-2)19-11-12-20(21(14-19)25-16(3)31)27-29-23-17(15-24)13-22(32-23)28-26-18-9-7-6-8-10-18/h6-14H,4-5H2,1-3H3,(H,25,31). The summed E-state index contributed by atoms with van der Waals surface area (Å²) in [7, 11) is 0. The number of amides is 1. The Hall–Kier alpha value is -3.90. The van der Waals surface area contributed by atoms with Crippen LogP contribution < -0.4 is 10.2 Å². The third-order valence-corrected chi connectivity index (χ3v) is 5.41. The molecule has 1 aromatic heterocycles. The molecule has 0 aliphatic rings. The molecule has 0 saturated heterocycles. The lowest BCUT2D eigenvalue weighted by atomic mass is 10.2. The molecule has 0 radical (unpaired) electrons. The van der Waals surface area contributed by atoms with Crippen LogP contribution in [0.4, 0.5) is 32.8 Å². The number of anilines is 2. The van der Waals surface area contributed by atoms with E-state index in [9.17, 15) is 10.1 Å². The van der Waals surface area contributed by atoms with Gasteiger partial charge in [0.2, 0.25) is 5.91 Å². The van der Waals surface area contributed by atoms with E-state index in [1.54, 1.807) is 12.1 Å². The van der Waals surface area contributed by atoms with Gasteiger partial charge >= 0.3 is 0 Å². The quantitative estimate of drug-likeness (QED) is 0.369. The topological polar surface area (TPSA) is 106 Å². The highest BCUT2D eigenvalue weighted by Gasteiger charge is 2.11. The van der Waals surface area contributed by atoms with Gasteiger partial charge in [-0.25, -0.2) is 0 Å². The molecule has 0 saturated carbocycles. The van der Waals surface area contributed by atoms with E-state index in [4.69, 9.17) is 0 Å². The fourth-order valence-corrected chi connectivity index (χ4v) is 3.71. The summed E-state index contributed by atoms with van der Waals surface area (Å²) in [4.78, 5) is 13.9. The highest BCUT2D eigenvalue weighted by atomic mass is 32.1. The lowest BCUT2D eigenvalue weighted by Crippen LogP contribution is -2.21. The maximum atomic E-state index is 11.7. The molecule has 1 N–H and O–H groups in total. The second-order valence-corrected chi connectivity index (χ2v) is 7.71. The third kappa shape index (κ3) is 5.83. The van der Waals surface area contributed by atoms with Crippen molar-refractivity contribution in [2.75, 3.05) is 23.3 Å². The Labute approximate surface area is 190 Å². The molecule has 1 heterocycles. The maximum Gasteiger partial charge on any atom is 0.221 e. The monoisotopic (exact) mass is 445 g/mol. The highest BCUT2D eigenvalue weighted by Crippen LogP contribution is 2.39. The average molecular weight is 446 g/mol. The average Bonchev–Trinajstić information content (AvgIpc) is 3.20. The van der Waals surface area contributed by atoms with Crippen molar-refractivity contribution in [2.45, 2.75) is 20.8 Å². The van der Waals surface area contributed by atoms with Gasteiger partial charge in [0.25, 0.3) is 0 Å². The van der Waals surface area contributed by atoms with E-state index in [1.807, 2.05) is 42.5 Å². The summed E-state index contributed by atoms with van der Waals surface area (Å²) >= 11 is 1.22. The summed E-state index contributed by atoms with van der Waals surface area (Å²) in [6.45, 7) is 7.28. The van der Waals surface area contributed by atoms with E-state index in [-0.39, 0.29) is 5.91 Å². The molecule has 0 atom stereocenters. The molecule has 32 heavy (non-hydrogen) atoms. The highest BCUT2D eigenvalue weighted by molar-refractivity contribution is 7.19. The number of benzene rings is 2. The van der Waals surface area contributed by atoms with Crippen LogP contribution in [0.5, 0.6) is 0 Å². The molecule has 3 aromatic rings. The largest absolute Gasteiger partial charge is 0.372 e. The SMILES string of the molecule is CCN(CC)c1ccc(N=Nc2sc(N=Nc3ccccc3)cc2C#N)c(NC(C)=O)c1. The first-order valence-electron chi connectivity index (χ1n) is 10.1. The Morgan fingerprint density at radius 1 is 1.03 bits per heavy atom. The van der Waals surface area contributed by atoms with Gasteiger partial charge in [-0.1, -0.05) is 29.5 Å². The van der Waals surface area contributed by atoms with Gasteiger partial charge in [0.15, 0.2) is 5.00 Å². The van der Waals surface area contributed by atoms with E-state index in [0.717, 1.165) is 24.5 Å². The first kappa shape index (κ1) is 22.8. The number of carbonyl (C=O) groups is 1. The summed E-state index contributed by atoms with van der Waals surface area (Å²) in [5.74, 6) is -0.199. The van der Waals surface area contributed by atoms with Gasteiger partial charge in [0.05, 0.1) is 16.9 Å². The van der Waals surface area contributed by atoms with E-state index in [0.29, 0.717) is 26.9 Å². The number of azo groups is 2. The molecule has 8 nitrogen and oxygen atoms in total. The normalized spacial score (nSPS) is 11.1. The number of nitrogens with zero attached hydrogens (tertiary/aromatic N) is 6. The zero-order valence-corrected chi connectivity index (χ0v) is 18.9. The maximum absolute atomic E-state index is 11.7. The van der Waals surface area contributed by atoms with Crippen LogP contribution in [-0.4, -0.2) is 19.0 Å². The lowest BCUT2D eigenvalue weighted by molar-refractivity contribution is -0.114. The predicted molar refractivity (Wildman–Crippen MR) is 128 cm³/mol. The molecular weight excluding hydrogens is 422 g/mol. The van der Waals surface area contributed by atoms with E-state index in [1.165, 1.54) is 18.3 Å². The number of nitriles is 1. The first-order valence-corrected chi connectivity index (χ1v) is 10.9. The zero-order chi connectivity index (χ0) is 22.9. The van der Waals surface area contributed by atoms with Crippen LogP contribution in [-0.2, 0) is 4.79 Å². The number of nitrogens with one attached hydrogen (secondary N) is 1. The summed E-state index contributed by atoms with van der Waals surface area (Å²) in [5.41, 5.74) is 3.12. The van der Waals surface area contributed by atoms with Gasteiger partial charge in [-0.15, -0.1) is 20.5 Å². The number of hydrogen-bond donors (Lipinski definition) is 1. The molecular formula is C23H23N7OS. The van der Waals surface area contributed by atoms with Crippen molar-refractivity contribution in [3.63, 3.8) is 0 Å². The van der Waals surface area contributed by atoms with E-state index in [2.05, 4.69) is 50.6 Å². The predicted octanol–water partition coefficient (Wildman–Crippen LogP) is 7.26. The smallest absolute Gasteiger partial charge is 0.221 e. The van der Waals surface area contributed by atoms with Crippen LogP contribution in [0.3, 0.4) is 0 Å². The Kier molecular flexibility index (Phi) is 7.78. The van der Waals surface area contributed by atoms with Crippen molar-refractivity contribution in [3.05, 3.63) is 60.2 Å². The molecule has 2 aromatic carbocycles. The number of thiophene rings is 1. The van der Waals surface area contributed by atoms with Crippen molar-refractivity contribution in [1.82, 2.24) is 0 Å². The Morgan fingerprint density at radius 2 is 1.78 bits per heavy atom. The van der Waals surface area contributed by atoms with Gasteiger partial charge in [-0.2, -0.15) is 5.26 Å². The zero-order valence-electron chi connectivity index (χ0n) is 18.1. The Morgan fingerprint density at radius 3 is 2.44 bits per heavy atom. The summed E-state index contributed by atoms with van der Waals surface area (Å²) in [6, 6.07) is 18.7. The Bertz CT molecular complexity index is 1170. The van der Waals surface area contributed by atoms with Crippen LogP contribution in [0, 0.1) is 11.3 Å². The van der Waals surface area contributed by atoms with Crippen LogP contribution in [0.15, 0.2) is 75.1 Å². The van der Waals surface area contributed by atoms with Crippen LogP contribution in [0.2, 0.25) is 0 Å². The minimum atomic E-state index is -0.199. The van der Waals surface area contributed by atoms with Gasteiger partial charge < -0.3 is 10.2 Å². The Balaban J connectivity index is 1.89. The van der Waals surface area contributed by atoms with Crippen LogP contribution >= 0.6 is 11.3 Å². The van der Waals surface area contributed by atoms with Crippen molar-refractivity contribution >= 4 is 50.0 Å². The van der Waals surface area contributed by atoms with Crippen LogP contribution in [0.25, 0.3) is 0 Å². The van der Waals surface area contributed by atoms with E-state index >= 15 is 0 Å². The molecule has 0 unspecified atom stereocenters. The van der Waals surface area contributed by atoms with Crippen molar-refractivity contribution in [1.29, 1.82) is 5.26 Å². The summed E-state index contributed by atoms with van der Waals surface area (Å²) in [5, 5.41) is 30.2. The molecule has 3 rings (SSSR count). The second kappa shape index (κ2) is 10.9. The molecule has 162 valence electrons. The molecule has 0 fully saturated rings. The number of hydrogen-bond acceptors (Lipinski definition) is 8. The minimum Gasteiger partial charge on any atom is -0.372 e. The summed E-state index contributed by atoms with van der Waals surface area (Å²) < 4.78 is 0. The first-order chi connectivity index (χ1) is 15.5. The fourth-order valence-electron chi connectivity index (χ4n) is 2.96. The molecule has 0 spiro atoms.